The number of rotatable bonds is 6. The van der Waals surface area contributed by atoms with E-state index in [1.165, 1.54) is 6.92 Å². The highest BCUT2D eigenvalue weighted by atomic mass is 32.2. The first-order chi connectivity index (χ1) is 14.5. The van der Waals surface area contributed by atoms with Gasteiger partial charge in [0.15, 0.2) is 9.84 Å². The average Bonchev–Trinajstić information content (AvgIpc) is 3.09. The van der Waals surface area contributed by atoms with Crippen LogP contribution in [0.4, 0.5) is 40.8 Å². The van der Waals surface area contributed by atoms with E-state index >= 15 is 0 Å². The second-order valence-corrected chi connectivity index (χ2v) is 9.82. The van der Waals surface area contributed by atoms with E-state index in [9.17, 15) is 48.3 Å². The fraction of sp³-hybridized carbons (Fsp3) is 0.389. The number of carbonyl (C=O) groups excluding carboxylic acids is 1. The Bertz CT molecular complexity index is 1120. The second-order valence-electron chi connectivity index (χ2n) is 6.44. The predicted octanol–water partition coefficient (Wildman–Crippen LogP) is 6.03. The third kappa shape index (κ3) is 5.05. The van der Waals surface area contributed by atoms with Crippen molar-refractivity contribution in [3.8, 4) is 0 Å². The summed E-state index contributed by atoms with van der Waals surface area (Å²) in [6, 6.07) is 1.74. The molecule has 0 aliphatic heterocycles. The van der Waals surface area contributed by atoms with E-state index in [0.29, 0.717) is 18.2 Å². The van der Waals surface area contributed by atoms with Crippen molar-refractivity contribution in [2.24, 2.45) is 0 Å². The van der Waals surface area contributed by atoms with Gasteiger partial charge in [0, 0.05) is 4.88 Å². The van der Waals surface area contributed by atoms with Gasteiger partial charge in [-0.3, -0.25) is 4.79 Å². The normalized spacial score (nSPS) is 13.3. The molecule has 14 heteroatoms. The molecule has 0 atom stereocenters. The number of aryl methyl sites for hydroxylation is 1. The molecule has 2 rings (SSSR count). The summed E-state index contributed by atoms with van der Waals surface area (Å²) in [4.78, 5) is 10.2. The van der Waals surface area contributed by atoms with Crippen LogP contribution in [0.2, 0.25) is 0 Å². The molecule has 1 aromatic carbocycles. The van der Waals surface area contributed by atoms with Gasteiger partial charge in [0.2, 0.25) is 0 Å². The molecular formula is C18H15F8NO3S2. The van der Waals surface area contributed by atoms with E-state index in [0.717, 1.165) is 6.92 Å². The van der Waals surface area contributed by atoms with E-state index in [1.54, 1.807) is 0 Å². The van der Waals surface area contributed by atoms with Crippen LogP contribution in [0.1, 0.15) is 39.5 Å². The molecule has 0 spiro atoms. The molecule has 4 nitrogen and oxygen atoms in total. The highest BCUT2D eigenvalue weighted by molar-refractivity contribution is 7.91. The van der Waals surface area contributed by atoms with Crippen LogP contribution in [0.5, 0.6) is 0 Å². The third-order valence-corrected chi connectivity index (χ3v) is 7.43. The number of anilines is 1. The van der Waals surface area contributed by atoms with Crippen LogP contribution in [0.25, 0.3) is 0 Å². The summed E-state index contributed by atoms with van der Waals surface area (Å²) in [6.45, 7) is 2.55. The molecule has 1 N–H and O–H groups in total. The molecule has 178 valence electrons. The van der Waals surface area contributed by atoms with Gasteiger partial charge < -0.3 is 5.32 Å². The molecule has 1 aromatic heterocycles. The number of hydrogen-bond acceptors (Lipinski definition) is 4. The highest BCUT2D eigenvalue weighted by Crippen LogP contribution is 2.48. The Morgan fingerprint density at radius 2 is 1.59 bits per heavy atom. The summed E-state index contributed by atoms with van der Waals surface area (Å²) >= 11 is 0.0988. The van der Waals surface area contributed by atoms with Crippen molar-refractivity contribution in [1.82, 2.24) is 0 Å². The third-order valence-electron chi connectivity index (χ3n) is 4.31. The number of nitrogens with one attached hydrogen (secondary N) is 1. The van der Waals surface area contributed by atoms with Crippen LogP contribution in [-0.4, -0.2) is 26.3 Å². The van der Waals surface area contributed by atoms with Crippen LogP contribution in [0.15, 0.2) is 29.2 Å². The number of amides is 1. The molecule has 2 aromatic rings. The molecule has 1 heterocycles. The van der Waals surface area contributed by atoms with Crippen molar-refractivity contribution in [2.75, 3.05) is 11.1 Å². The number of sulfone groups is 1. The van der Waals surface area contributed by atoms with Crippen molar-refractivity contribution in [3.05, 3.63) is 45.1 Å². The van der Waals surface area contributed by atoms with Crippen LogP contribution in [-0.2, 0) is 28.4 Å². The Morgan fingerprint density at radius 1 is 1.00 bits per heavy atom. The van der Waals surface area contributed by atoms with E-state index in [2.05, 4.69) is 0 Å². The number of benzene rings is 1. The maximum atomic E-state index is 13.7. The molecule has 0 aliphatic carbocycles. The summed E-state index contributed by atoms with van der Waals surface area (Å²) in [5, 5.41) is 2.04. The minimum atomic E-state index is -5.89. The molecule has 0 fully saturated rings. The lowest BCUT2D eigenvalue weighted by molar-refractivity contribution is -0.287. The first-order valence-electron chi connectivity index (χ1n) is 8.78. The molecule has 32 heavy (non-hydrogen) atoms. The van der Waals surface area contributed by atoms with Gasteiger partial charge >= 0.3 is 18.3 Å². The molecule has 1 amide bonds. The van der Waals surface area contributed by atoms with Gasteiger partial charge in [-0.1, -0.05) is 13.8 Å². The van der Waals surface area contributed by atoms with Crippen molar-refractivity contribution in [3.63, 3.8) is 0 Å². The largest absolute Gasteiger partial charge is 0.458 e. The number of hydrogen-bond donors (Lipinski definition) is 1. The van der Waals surface area contributed by atoms with E-state index in [1.807, 2.05) is 5.32 Å². The molecule has 0 aliphatic rings. The second kappa shape index (κ2) is 8.61. The minimum Gasteiger partial charge on any atom is -0.321 e. The van der Waals surface area contributed by atoms with Crippen molar-refractivity contribution in [1.29, 1.82) is 0 Å². The lowest BCUT2D eigenvalue weighted by Crippen LogP contribution is -2.32. The van der Waals surface area contributed by atoms with Gasteiger partial charge in [-0.25, -0.2) is 8.42 Å². The summed E-state index contributed by atoms with van der Waals surface area (Å²) < 4.78 is 129. The molecular weight excluding hydrogens is 494 g/mol. The van der Waals surface area contributed by atoms with E-state index in [-0.39, 0.29) is 28.7 Å². The zero-order valence-electron chi connectivity index (χ0n) is 16.3. The van der Waals surface area contributed by atoms with Gasteiger partial charge in [0.25, 0.3) is 5.91 Å². The fourth-order valence-electron chi connectivity index (χ4n) is 2.58. The quantitative estimate of drug-likeness (QED) is 0.484. The van der Waals surface area contributed by atoms with Crippen LogP contribution in [0, 0.1) is 0 Å². The van der Waals surface area contributed by atoms with Crippen LogP contribution >= 0.6 is 11.3 Å². The predicted molar refractivity (Wildman–Crippen MR) is 101 cm³/mol. The topological polar surface area (TPSA) is 63.2 Å². The Morgan fingerprint density at radius 3 is 2.06 bits per heavy atom. The lowest BCUT2D eigenvalue weighted by Gasteiger charge is -2.17. The average molecular weight is 509 g/mol. The first-order valence-corrected chi connectivity index (χ1v) is 11.3. The summed E-state index contributed by atoms with van der Waals surface area (Å²) in [5.74, 6) is -7.12. The summed E-state index contributed by atoms with van der Waals surface area (Å²) in [6.07, 6.45) is -10.9. The molecule has 0 saturated heterocycles. The monoisotopic (exact) mass is 509 g/mol. The summed E-state index contributed by atoms with van der Waals surface area (Å²) in [5.41, 5.74) is -2.48. The molecule has 0 radical (unpaired) electrons. The lowest BCUT2D eigenvalue weighted by atomic mass is 10.1. The maximum absolute atomic E-state index is 13.7. The van der Waals surface area contributed by atoms with Gasteiger partial charge in [0.05, 0.1) is 32.3 Å². The maximum Gasteiger partial charge on any atom is 0.458 e. The SMILES string of the molecule is CCc1sc(C(F)(F)C(F)(F)F)cc1NC(=O)c1ccc(C(F)(F)F)cc1S(=O)(=O)CC. The van der Waals surface area contributed by atoms with Crippen LogP contribution in [0.3, 0.4) is 0 Å². The number of alkyl halides is 8. The van der Waals surface area contributed by atoms with E-state index < -0.39 is 66.4 Å². The van der Waals surface area contributed by atoms with Gasteiger partial charge in [-0.05, 0) is 30.7 Å². The highest BCUT2D eigenvalue weighted by Gasteiger charge is 2.59. The molecule has 0 bridgehead atoms. The Labute approximate surface area is 181 Å². The smallest absolute Gasteiger partial charge is 0.321 e. The number of halogens is 8. The standard InChI is InChI=1S/C18H15F8NO3S2/c1-3-12-11(8-14(31-12)16(19,20)18(24,25)26)27-15(28)10-6-5-9(17(21,22)23)7-13(10)32(29,30)4-2/h5-8H,3-4H2,1-2H3,(H,27,28). The minimum absolute atomic E-state index is 0.0542. The zero-order chi connectivity index (χ0) is 24.7. The molecule has 0 saturated carbocycles. The van der Waals surface area contributed by atoms with Crippen LogP contribution < -0.4 is 5.32 Å². The van der Waals surface area contributed by atoms with Gasteiger partial charge in [-0.2, -0.15) is 35.1 Å². The zero-order valence-corrected chi connectivity index (χ0v) is 17.9. The Balaban J connectivity index is 2.54. The fourth-order valence-corrected chi connectivity index (χ4v) is 4.74. The van der Waals surface area contributed by atoms with Crippen molar-refractivity contribution < 1.29 is 48.3 Å². The Hall–Kier alpha value is -2.22. The number of thiophene rings is 1. The van der Waals surface area contributed by atoms with Crippen molar-refractivity contribution in [2.45, 2.75) is 43.4 Å². The van der Waals surface area contributed by atoms with Crippen molar-refractivity contribution >= 4 is 32.8 Å². The number of carbonyl (C=O) groups is 1. The molecule has 0 unspecified atom stereocenters. The Kier molecular flexibility index (Phi) is 7.01. The first kappa shape index (κ1) is 26.0. The van der Waals surface area contributed by atoms with Gasteiger partial charge in [-0.15, -0.1) is 11.3 Å². The van der Waals surface area contributed by atoms with E-state index in [4.69, 9.17) is 0 Å². The van der Waals surface area contributed by atoms with Gasteiger partial charge in [0.1, 0.15) is 0 Å². The summed E-state index contributed by atoms with van der Waals surface area (Å²) in [7, 11) is -4.33.